The number of amides is 1. The number of carbonyl (C=O) groups is 1. The van der Waals surface area contributed by atoms with Gasteiger partial charge in [0.25, 0.3) is 15.0 Å². The number of rotatable bonds is 2. The van der Waals surface area contributed by atoms with Crippen molar-refractivity contribution in [3.8, 4) is 0 Å². The summed E-state index contributed by atoms with van der Waals surface area (Å²) in [5, 5.41) is 0. The van der Waals surface area contributed by atoms with E-state index >= 15 is 0 Å². The molecule has 1 heterocycles. The van der Waals surface area contributed by atoms with Crippen LogP contribution in [0.5, 0.6) is 0 Å². The average Bonchev–Trinajstić information content (AvgIpc) is 2.96. The Bertz CT molecular complexity index is 679. The van der Waals surface area contributed by atoms with E-state index in [2.05, 4.69) is 0 Å². The number of halogens is 2. The van der Waals surface area contributed by atoms with Crippen LogP contribution in [0.2, 0.25) is 0 Å². The number of likely N-dealkylation sites (tertiary alicyclic amines) is 1. The van der Waals surface area contributed by atoms with Crippen LogP contribution in [0.1, 0.15) is 29.6 Å². The summed E-state index contributed by atoms with van der Waals surface area (Å²) in [5.41, 5.74) is 0.0363. The van der Waals surface area contributed by atoms with Crippen molar-refractivity contribution < 1.29 is 17.6 Å². The molecular formula is C14H15ClFNO3S. The molecule has 2 unspecified atom stereocenters. The molecule has 1 aliphatic carbocycles. The molecule has 0 N–H and O–H groups in total. The summed E-state index contributed by atoms with van der Waals surface area (Å²) in [5.74, 6) is -0.0533. The molecule has 4 nitrogen and oxygen atoms in total. The average molecular weight is 332 g/mol. The van der Waals surface area contributed by atoms with Crippen LogP contribution in [0, 0.1) is 17.7 Å². The van der Waals surface area contributed by atoms with Crippen LogP contribution in [0.25, 0.3) is 0 Å². The fourth-order valence-corrected chi connectivity index (χ4v) is 4.20. The fourth-order valence-electron chi connectivity index (χ4n) is 3.41. The van der Waals surface area contributed by atoms with Gasteiger partial charge in [-0.3, -0.25) is 4.79 Å². The van der Waals surface area contributed by atoms with Gasteiger partial charge < -0.3 is 4.90 Å². The third-order valence-electron chi connectivity index (χ3n) is 4.41. The number of hydrogen-bond acceptors (Lipinski definition) is 3. The Morgan fingerprint density at radius 2 is 1.81 bits per heavy atom. The van der Waals surface area contributed by atoms with Crippen LogP contribution in [-0.4, -0.2) is 32.3 Å². The lowest BCUT2D eigenvalue weighted by Crippen LogP contribution is -2.29. The Kier molecular flexibility index (Phi) is 3.69. The summed E-state index contributed by atoms with van der Waals surface area (Å²) in [7, 11) is 1.17. The van der Waals surface area contributed by atoms with Crippen molar-refractivity contribution in [1.82, 2.24) is 4.90 Å². The van der Waals surface area contributed by atoms with E-state index in [4.69, 9.17) is 10.7 Å². The predicted molar refractivity (Wildman–Crippen MR) is 76.2 cm³/mol. The first-order chi connectivity index (χ1) is 9.84. The molecule has 2 atom stereocenters. The van der Waals surface area contributed by atoms with E-state index in [0.29, 0.717) is 24.9 Å². The van der Waals surface area contributed by atoms with E-state index in [1.165, 1.54) is 6.42 Å². The third-order valence-corrected chi connectivity index (χ3v) is 5.75. The molecule has 7 heteroatoms. The van der Waals surface area contributed by atoms with Gasteiger partial charge in [-0.05, 0) is 42.9 Å². The second kappa shape index (κ2) is 5.25. The highest BCUT2D eigenvalue weighted by Crippen LogP contribution is 2.38. The summed E-state index contributed by atoms with van der Waals surface area (Å²) < 4.78 is 36.2. The third kappa shape index (κ3) is 2.92. The molecule has 1 amide bonds. The molecule has 0 radical (unpaired) electrons. The molecule has 1 aromatic rings. The normalized spacial score (nSPS) is 25.1. The maximum Gasteiger partial charge on any atom is 0.261 e. The molecule has 2 fully saturated rings. The van der Waals surface area contributed by atoms with Gasteiger partial charge in [-0.2, -0.15) is 0 Å². The van der Waals surface area contributed by atoms with Crippen molar-refractivity contribution in [3.63, 3.8) is 0 Å². The molecule has 1 saturated carbocycles. The lowest BCUT2D eigenvalue weighted by Gasteiger charge is -2.17. The fraction of sp³-hybridized carbons (Fsp3) is 0.500. The van der Waals surface area contributed by atoms with E-state index < -0.39 is 14.9 Å². The summed E-state index contributed by atoms with van der Waals surface area (Å²) in [4.78, 5) is 13.7. The predicted octanol–water partition coefficient (Wildman–Crippen LogP) is 2.63. The Morgan fingerprint density at radius 3 is 2.38 bits per heavy atom. The lowest BCUT2D eigenvalue weighted by atomic mass is 10.0. The molecular weight excluding hydrogens is 317 g/mol. The molecule has 3 rings (SSSR count). The molecule has 1 saturated heterocycles. The molecule has 0 spiro atoms. The zero-order valence-corrected chi connectivity index (χ0v) is 12.8. The molecule has 1 aliphatic heterocycles. The number of nitrogens with zero attached hydrogens (tertiary/aromatic N) is 1. The highest BCUT2D eigenvalue weighted by Gasteiger charge is 2.38. The summed E-state index contributed by atoms with van der Waals surface area (Å²) >= 11 is 0. The SMILES string of the molecule is O=C(c1cc(F)cc(S(=O)(=O)Cl)c1)N1CC2CCCC2C1. The van der Waals surface area contributed by atoms with Crippen molar-refractivity contribution in [1.29, 1.82) is 0 Å². The highest BCUT2D eigenvalue weighted by atomic mass is 35.7. The zero-order chi connectivity index (χ0) is 15.2. The van der Waals surface area contributed by atoms with Gasteiger partial charge in [-0.15, -0.1) is 0 Å². The first-order valence-corrected chi connectivity index (χ1v) is 9.20. The minimum atomic E-state index is -4.06. The van der Waals surface area contributed by atoms with Crippen molar-refractivity contribution in [3.05, 3.63) is 29.6 Å². The van der Waals surface area contributed by atoms with Gasteiger partial charge in [0.15, 0.2) is 0 Å². The highest BCUT2D eigenvalue weighted by molar-refractivity contribution is 8.13. The van der Waals surface area contributed by atoms with Gasteiger partial charge >= 0.3 is 0 Å². The number of fused-ring (bicyclic) bond motifs is 1. The monoisotopic (exact) mass is 331 g/mol. The van der Waals surface area contributed by atoms with Gasteiger partial charge in [-0.1, -0.05) is 6.42 Å². The van der Waals surface area contributed by atoms with E-state index in [9.17, 15) is 17.6 Å². The smallest absolute Gasteiger partial charge is 0.261 e. The largest absolute Gasteiger partial charge is 0.338 e. The van der Waals surface area contributed by atoms with Crippen LogP contribution < -0.4 is 0 Å². The Labute approximate surface area is 127 Å². The number of benzene rings is 1. The molecule has 0 aromatic heterocycles. The minimum Gasteiger partial charge on any atom is -0.338 e. The van der Waals surface area contributed by atoms with Crippen molar-refractivity contribution in [2.45, 2.75) is 24.2 Å². The van der Waals surface area contributed by atoms with E-state index in [-0.39, 0.29) is 16.4 Å². The van der Waals surface area contributed by atoms with Gasteiger partial charge in [0.1, 0.15) is 5.82 Å². The lowest BCUT2D eigenvalue weighted by molar-refractivity contribution is 0.0780. The van der Waals surface area contributed by atoms with Gasteiger partial charge in [-0.25, -0.2) is 12.8 Å². The van der Waals surface area contributed by atoms with Crippen molar-refractivity contribution in [2.75, 3.05) is 13.1 Å². The first kappa shape index (κ1) is 14.8. The van der Waals surface area contributed by atoms with Gasteiger partial charge in [0, 0.05) is 29.3 Å². The quantitative estimate of drug-likeness (QED) is 0.783. The minimum absolute atomic E-state index is 0.0363. The Hall–Kier alpha value is -1.14. The second-order valence-electron chi connectivity index (χ2n) is 5.77. The van der Waals surface area contributed by atoms with Crippen molar-refractivity contribution in [2.24, 2.45) is 11.8 Å². The molecule has 114 valence electrons. The van der Waals surface area contributed by atoms with Gasteiger partial charge in [0.05, 0.1) is 4.90 Å². The summed E-state index contributed by atoms with van der Waals surface area (Å²) in [6.07, 6.45) is 3.45. The standard InChI is InChI=1S/C14H15ClFNO3S/c15-21(19,20)13-5-11(4-12(16)6-13)14(18)17-7-9-2-1-3-10(9)8-17/h4-6,9-10H,1-3,7-8H2. The zero-order valence-electron chi connectivity index (χ0n) is 11.3. The maximum absolute atomic E-state index is 13.5. The van der Waals surface area contributed by atoms with E-state index in [0.717, 1.165) is 31.0 Å². The number of hydrogen-bond donors (Lipinski definition) is 0. The Morgan fingerprint density at radius 1 is 1.19 bits per heavy atom. The number of carbonyl (C=O) groups excluding carboxylic acids is 1. The maximum atomic E-state index is 13.5. The first-order valence-electron chi connectivity index (χ1n) is 6.89. The molecule has 21 heavy (non-hydrogen) atoms. The summed E-state index contributed by atoms with van der Waals surface area (Å²) in [6.45, 7) is 1.34. The van der Waals surface area contributed by atoms with Crippen molar-refractivity contribution >= 4 is 25.6 Å². The molecule has 2 aliphatic rings. The van der Waals surface area contributed by atoms with E-state index in [1.54, 1.807) is 4.90 Å². The Balaban J connectivity index is 1.87. The topological polar surface area (TPSA) is 54.5 Å². The van der Waals surface area contributed by atoms with E-state index in [1.807, 2.05) is 0 Å². The van der Waals surface area contributed by atoms with Crippen LogP contribution in [-0.2, 0) is 9.05 Å². The van der Waals surface area contributed by atoms with Gasteiger partial charge in [0.2, 0.25) is 0 Å². The molecule has 0 bridgehead atoms. The molecule has 1 aromatic carbocycles. The van der Waals surface area contributed by atoms with Crippen LogP contribution in [0.15, 0.2) is 23.1 Å². The van der Waals surface area contributed by atoms with Crippen LogP contribution >= 0.6 is 10.7 Å². The second-order valence-corrected chi connectivity index (χ2v) is 8.34. The summed E-state index contributed by atoms with van der Waals surface area (Å²) in [6, 6.07) is 3.02. The van der Waals surface area contributed by atoms with Crippen LogP contribution in [0.4, 0.5) is 4.39 Å². The van der Waals surface area contributed by atoms with Crippen LogP contribution in [0.3, 0.4) is 0 Å².